The van der Waals surface area contributed by atoms with E-state index in [1.807, 2.05) is 0 Å². The number of aromatic hydroxyl groups is 1. The molecule has 74 valence electrons. The summed E-state index contributed by atoms with van der Waals surface area (Å²) >= 11 is 5.67. The molecule has 0 heterocycles. The highest BCUT2D eigenvalue weighted by molar-refractivity contribution is 6.32. The van der Waals surface area contributed by atoms with Crippen LogP contribution in [0.25, 0.3) is 0 Å². The molecule has 0 aliphatic heterocycles. The highest BCUT2D eigenvalue weighted by Gasteiger charge is 2.10. The van der Waals surface area contributed by atoms with Gasteiger partial charge in [-0.05, 0) is 6.07 Å². The van der Waals surface area contributed by atoms with E-state index in [9.17, 15) is 5.11 Å². The largest absolute Gasteiger partial charge is 0.506 e. The van der Waals surface area contributed by atoms with E-state index >= 15 is 0 Å². The summed E-state index contributed by atoms with van der Waals surface area (Å²) in [5, 5.41) is 9.73. The molecule has 0 bridgehead atoms. The van der Waals surface area contributed by atoms with Crippen LogP contribution in [0.4, 0.5) is 0 Å². The van der Waals surface area contributed by atoms with Crippen LogP contribution < -0.4 is 11.5 Å². The van der Waals surface area contributed by atoms with E-state index in [2.05, 4.69) is 0 Å². The maximum Gasteiger partial charge on any atom is 0.138 e. The van der Waals surface area contributed by atoms with Gasteiger partial charge < -0.3 is 16.6 Å². The Balaban J connectivity index is 0.00000144. The molecule has 1 aromatic carbocycles. The second-order valence-corrected chi connectivity index (χ2v) is 2.93. The van der Waals surface area contributed by atoms with E-state index in [1.165, 1.54) is 0 Å². The smallest absolute Gasteiger partial charge is 0.138 e. The topological polar surface area (TPSA) is 72.3 Å². The number of rotatable bonds is 2. The molecule has 0 spiro atoms. The third kappa shape index (κ3) is 2.74. The summed E-state index contributed by atoms with van der Waals surface area (Å²) in [7, 11) is 0. The van der Waals surface area contributed by atoms with Crippen LogP contribution in [0.2, 0.25) is 5.02 Å². The fourth-order valence-corrected chi connectivity index (χ4v) is 1.14. The molecule has 5 heteroatoms. The Kier molecular flexibility index (Phi) is 5.10. The van der Waals surface area contributed by atoms with Crippen LogP contribution in [-0.4, -0.2) is 11.7 Å². The minimum Gasteiger partial charge on any atom is -0.506 e. The summed E-state index contributed by atoms with van der Waals surface area (Å²) in [5.74, 6) is 0.0251. The quantitative estimate of drug-likeness (QED) is 0.710. The molecule has 0 unspecified atom stereocenters. The Hall–Kier alpha value is -0.480. The molecular weight excluding hydrogens is 211 g/mol. The van der Waals surface area contributed by atoms with Gasteiger partial charge in [-0.2, -0.15) is 0 Å². The van der Waals surface area contributed by atoms with Crippen LogP contribution in [0.15, 0.2) is 18.2 Å². The second-order valence-electron chi connectivity index (χ2n) is 2.52. The van der Waals surface area contributed by atoms with Crippen LogP contribution in [-0.2, 0) is 0 Å². The van der Waals surface area contributed by atoms with Gasteiger partial charge in [0, 0.05) is 18.2 Å². The van der Waals surface area contributed by atoms with E-state index in [0.717, 1.165) is 0 Å². The number of phenolic OH excluding ortho intramolecular Hbond substituents is 1. The Labute approximate surface area is 88.1 Å². The Morgan fingerprint density at radius 1 is 1.46 bits per heavy atom. The molecule has 0 aromatic heterocycles. The van der Waals surface area contributed by atoms with Gasteiger partial charge in [-0.15, -0.1) is 12.4 Å². The third-order valence-electron chi connectivity index (χ3n) is 1.67. The monoisotopic (exact) mass is 222 g/mol. The standard InChI is InChI=1S/C8H11ClN2O.ClH/c9-6-3-1-2-5(8(6)12)7(11)4-10;/h1-3,7,12H,4,10-11H2;1H/t7-;/m1./s1. The van der Waals surface area contributed by atoms with Gasteiger partial charge in [-0.25, -0.2) is 0 Å². The molecule has 1 rings (SSSR count). The zero-order valence-electron chi connectivity index (χ0n) is 6.90. The molecule has 0 amide bonds. The Morgan fingerprint density at radius 2 is 2.08 bits per heavy atom. The third-order valence-corrected chi connectivity index (χ3v) is 1.98. The summed E-state index contributed by atoms with van der Waals surface area (Å²) in [4.78, 5) is 0. The van der Waals surface area contributed by atoms with Crippen molar-refractivity contribution in [2.24, 2.45) is 11.5 Å². The molecule has 1 atom stereocenters. The number of hydrogen-bond donors (Lipinski definition) is 3. The first kappa shape index (κ1) is 12.5. The predicted octanol–water partition coefficient (Wildman–Crippen LogP) is 1.43. The zero-order chi connectivity index (χ0) is 9.14. The van der Waals surface area contributed by atoms with Gasteiger partial charge in [0.15, 0.2) is 0 Å². The van der Waals surface area contributed by atoms with Crippen molar-refractivity contribution < 1.29 is 5.11 Å². The first-order valence-electron chi connectivity index (χ1n) is 3.60. The van der Waals surface area contributed by atoms with Crippen LogP contribution in [0.1, 0.15) is 11.6 Å². The number of nitrogens with two attached hydrogens (primary N) is 2. The van der Waals surface area contributed by atoms with Crippen LogP contribution in [0, 0.1) is 0 Å². The van der Waals surface area contributed by atoms with Crippen LogP contribution in [0.5, 0.6) is 5.75 Å². The number of phenols is 1. The fourth-order valence-electron chi connectivity index (χ4n) is 0.958. The SMILES string of the molecule is Cl.NC[C@@H](N)c1cccc(Cl)c1O. The highest BCUT2D eigenvalue weighted by Crippen LogP contribution is 2.29. The number of hydrogen-bond acceptors (Lipinski definition) is 3. The first-order valence-corrected chi connectivity index (χ1v) is 3.97. The van der Waals surface area contributed by atoms with Gasteiger partial charge in [0.1, 0.15) is 5.75 Å². The normalized spacial score (nSPS) is 11.9. The van der Waals surface area contributed by atoms with Crippen molar-refractivity contribution in [1.29, 1.82) is 0 Å². The van der Waals surface area contributed by atoms with Gasteiger partial charge in [-0.3, -0.25) is 0 Å². The zero-order valence-corrected chi connectivity index (χ0v) is 8.48. The molecule has 1 aromatic rings. The molecule has 3 nitrogen and oxygen atoms in total. The Bertz CT molecular complexity index is 281. The van der Waals surface area contributed by atoms with Gasteiger partial charge in [0.2, 0.25) is 0 Å². The number of benzene rings is 1. The van der Waals surface area contributed by atoms with E-state index in [-0.39, 0.29) is 30.7 Å². The summed E-state index contributed by atoms with van der Waals surface area (Å²) < 4.78 is 0. The lowest BCUT2D eigenvalue weighted by Crippen LogP contribution is -2.20. The van der Waals surface area contributed by atoms with Crippen LogP contribution >= 0.6 is 24.0 Å². The average Bonchev–Trinajstić information content (AvgIpc) is 2.08. The molecule has 0 radical (unpaired) electrons. The summed E-state index contributed by atoms with van der Waals surface area (Å²) in [6, 6.07) is 4.68. The summed E-state index contributed by atoms with van der Waals surface area (Å²) in [5.41, 5.74) is 11.6. The second kappa shape index (κ2) is 5.29. The molecule has 0 aliphatic rings. The molecule has 0 aliphatic carbocycles. The minimum absolute atomic E-state index is 0. The molecule has 13 heavy (non-hydrogen) atoms. The lowest BCUT2D eigenvalue weighted by molar-refractivity contribution is 0.462. The molecule has 0 saturated carbocycles. The van der Waals surface area contributed by atoms with Crippen molar-refractivity contribution in [3.05, 3.63) is 28.8 Å². The van der Waals surface area contributed by atoms with Crippen molar-refractivity contribution in [3.63, 3.8) is 0 Å². The lowest BCUT2D eigenvalue weighted by atomic mass is 10.1. The average molecular weight is 223 g/mol. The number of halogens is 2. The van der Waals surface area contributed by atoms with Crippen molar-refractivity contribution >= 4 is 24.0 Å². The molecule has 0 fully saturated rings. The number of para-hydroxylation sites is 1. The van der Waals surface area contributed by atoms with E-state index in [1.54, 1.807) is 18.2 Å². The van der Waals surface area contributed by atoms with Crippen molar-refractivity contribution in [1.82, 2.24) is 0 Å². The van der Waals surface area contributed by atoms with E-state index in [4.69, 9.17) is 23.1 Å². The van der Waals surface area contributed by atoms with E-state index < -0.39 is 0 Å². The van der Waals surface area contributed by atoms with Gasteiger partial charge in [0.25, 0.3) is 0 Å². The fraction of sp³-hybridized carbons (Fsp3) is 0.250. The van der Waals surface area contributed by atoms with Crippen molar-refractivity contribution in [2.75, 3.05) is 6.54 Å². The molecule has 5 N–H and O–H groups in total. The van der Waals surface area contributed by atoms with Gasteiger partial charge >= 0.3 is 0 Å². The van der Waals surface area contributed by atoms with Crippen molar-refractivity contribution in [2.45, 2.75) is 6.04 Å². The molecular formula is C8H12Cl2N2O. The van der Waals surface area contributed by atoms with Gasteiger partial charge in [0.05, 0.1) is 5.02 Å². The summed E-state index contributed by atoms with van der Waals surface area (Å²) in [6.07, 6.45) is 0. The van der Waals surface area contributed by atoms with Gasteiger partial charge in [-0.1, -0.05) is 23.7 Å². The highest BCUT2D eigenvalue weighted by atomic mass is 35.5. The molecule has 0 saturated heterocycles. The minimum atomic E-state index is -0.358. The predicted molar refractivity (Wildman–Crippen MR) is 56.3 cm³/mol. The lowest BCUT2D eigenvalue weighted by Gasteiger charge is -2.11. The van der Waals surface area contributed by atoms with E-state index in [0.29, 0.717) is 10.6 Å². The van der Waals surface area contributed by atoms with Crippen LogP contribution in [0.3, 0.4) is 0 Å². The van der Waals surface area contributed by atoms with Crippen molar-refractivity contribution in [3.8, 4) is 5.75 Å². The first-order chi connectivity index (χ1) is 5.66. The maximum absolute atomic E-state index is 9.43. The summed E-state index contributed by atoms with van der Waals surface area (Å²) in [6.45, 7) is 0.286. The Morgan fingerprint density at radius 3 is 2.62 bits per heavy atom. The maximum atomic E-state index is 9.43.